The van der Waals surface area contributed by atoms with Gasteiger partial charge in [-0.05, 0) is 32.7 Å². The standard InChI is InChI=1S/C18H36N2O2/c1-19(17-8-6-4-3-5-7-9-17)14-15-20-12-10-18(11-13-20)22-16-21-2/h17-18H,3-16H2,1-2H3. The second-order valence-electron chi connectivity index (χ2n) is 7.09. The van der Waals surface area contributed by atoms with Crippen molar-refractivity contribution >= 4 is 0 Å². The minimum Gasteiger partial charge on any atom is -0.359 e. The zero-order chi connectivity index (χ0) is 15.6. The first-order chi connectivity index (χ1) is 10.8. The predicted octanol–water partition coefficient (Wildman–Crippen LogP) is 3.12. The van der Waals surface area contributed by atoms with Gasteiger partial charge in [0, 0.05) is 39.3 Å². The van der Waals surface area contributed by atoms with Gasteiger partial charge in [-0.3, -0.25) is 0 Å². The van der Waals surface area contributed by atoms with Crippen LogP contribution in [0.15, 0.2) is 0 Å². The molecule has 0 spiro atoms. The molecule has 130 valence electrons. The van der Waals surface area contributed by atoms with Crippen LogP contribution in [-0.2, 0) is 9.47 Å². The molecule has 4 heteroatoms. The van der Waals surface area contributed by atoms with Crippen LogP contribution in [0.3, 0.4) is 0 Å². The molecule has 1 aliphatic carbocycles. The molecular weight excluding hydrogens is 276 g/mol. The van der Waals surface area contributed by atoms with Crippen molar-refractivity contribution in [2.75, 3.05) is 47.1 Å². The van der Waals surface area contributed by atoms with Gasteiger partial charge in [-0.2, -0.15) is 0 Å². The van der Waals surface area contributed by atoms with Crippen molar-refractivity contribution < 1.29 is 9.47 Å². The highest BCUT2D eigenvalue weighted by Gasteiger charge is 2.21. The van der Waals surface area contributed by atoms with Crippen LogP contribution in [0, 0.1) is 0 Å². The molecule has 0 aromatic carbocycles. The maximum absolute atomic E-state index is 5.67. The molecule has 0 radical (unpaired) electrons. The minimum absolute atomic E-state index is 0.402. The zero-order valence-corrected chi connectivity index (χ0v) is 14.8. The van der Waals surface area contributed by atoms with E-state index in [1.807, 2.05) is 0 Å². The number of hydrogen-bond acceptors (Lipinski definition) is 4. The Hall–Kier alpha value is -0.160. The van der Waals surface area contributed by atoms with Crippen molar-refractivity contribution in [3.8, 4) is 0 Å². The Balaban J connectivity index is 1.61. The summed E-state index contributed by atoms with van der Waals surface area (Å²) in [5.41, 5.74) is 0. The molecule has 0 unspecified atom stereocenters. The second kappa shape index (κ2) is 10.6. The normalized spacial score (nSPS) is 23.6. The summed E-state index contributed by atoms with van der Waals surface area (Å²) in [5, 5.41) is 0. The summed E-state index contributed by atoms with van der Waals surface area (Å²) in [6.45, 7) is 5.22. The minimum atomic E-state index is 0.402. The maximum atomic E-state index is 5.67. The second-order valence-corrected chi connectivity index (χ2v) is 7.09. The van der Waals surface area contributed by atoms with Gasteiger partial charge in [0.2, 0.25) is 0 Å². The van der Waals surface area contributed by atoms with E-state index < -0.39 is 0 Å². The number of methoxy groups -OCH3 is 1. The highest BCUT2D eigenvalue weighted by Crippen LogP contribution is 2.21. The number of hydrogen-bond donors (Lipinski definition) is 0. The lowest BCUT2D eigenvalue weighted by atomic mass is 9.96. The number of rotatable bonds is 7. The van der Waals surface area contributed by atoms with E-state index in [1.165, 1.54) is 71.1 Å². The van der Waals surface area contributed by atoms with Crippen LogP contribution in [0.2, 0.25) is 0 Å². The molecule has 4 nitrogen and oxygen atoms in total. The first-order valence-corrected chi connectivity index (χ1v) is 9.32. The maximum Gasteiger partial charge on any atom is 0.146 e. The van der Waals surface area contributed by atoms with E-state index in [9.17, 15) is 0 Å². The molecule has 0 amide bonds. The summed E-state index contributed by atoms with van der Waals surface area (Å²) >= 11 is 0. The van der Waals surface area contributed by atoms with Crippen LogP contribution in [0.1, 0.15) is 57.8 Å². The molecule has 2 fully saturated rings. The number of nitrogens with zero attached hydrogens (tertiary/aromatic N) is 2. The van der Waals surface area contributed by atoms with E-state index in [1.54, 1.807) is 7.11 Å². The predicted molar refractivity (Wildman–Crippen MR) is 91.2 cm³/mol. The van der Waals surface area contributed by atoms with Crippen molar-refractivity contribution in [1.82, 2.24) is 9.80 Å². The van der Waals surface area contributed by atoms with E-state index >= 15 is 0 Å². The molecule has 0 aromatic heterocycles. The van der Waals surface area contributed by atoms with Crippen molar-refractivity contribution in [1.29, 1.82) is 0 Å². The van der Waals surface area contributed by atoms with Gasteiger partial charge in [-0.1, -0.05) is 32.1 Å². The van der Waals surface area contributed by atoms with E-state index in [2.05, 4.69) is 16.8 Å². The SMILES string of the molecule is COCOC1CCN(CCN(C)C2CCCCCCC2)CC1. The molecule has 0 N–H and O–H groups in total. The van der Waals surface area contributed by atoms with Gasteiger partial charge < -0.3 is 19.3 Å². The largest absolute Gasteiger partial charge is 0.359 e. The Kier molecular flexibility index (Phi) is 8.75. The van der Waals surface area contributed by atoms with Gasteiger partial charge in [0.1, 0.15) is 6.79 Å². The molecular formula is C18H36N2O2. The Bertz CT molecular complexity index is 272. The van der Waals surface area contributed by atoms with Gasteiger partial charge in [0.05, 0.1) is 6.10 Å². The van der Waals surface area contributed by atoms with Crippen LogP contribution < -0.4 is 0 Å². The third kappa shape index (κ3) is 6.53. The fourth-order valence-electron chi connectivity index (χ4n) is 3.82. The molecule has 1 aliphatic heterocycles. The molecule has 0 atom stereocenters. The summed E-state index contributed by atoms with van der Waals surface area (Å²) in [6.07, 6.45) is 12.7. The van der Waals surface area contributed by atoms with E-state index in [0.29, 0.717) is 12.9 Å². The van der Waals surface area contributed by atoms with Crippen LogP contribution >= 0.6 is 0 Å². The molecule has 22 heavy (non-hydrogen) atoms. The summed E-state index contributed by atoms with van der Waals surface area (Å²) in [7, 11) is 4.03. The van der Waals surface area contributed by atoms with Gasteiger partial charge in [0.15, 0.2) is 0 Å². The fourth-order valence-corrected chi connectivity index (χ4v) is 3.82. The summed E-state index contributed by atoms with van der Waals surface area (Å²) in [5.74, 6) is 0. The van der Waals surface area contributed by atoms with Crippen molar-refractivity contribution in [2.45, 2.75) is 69.9 Å². The van der Waals surface area contributed by atoms with Crippen LogP contribution in [0.5, 0.6) is 0 Å². The Morgan fingerprint density at radius 1 is 0.955 bits per heavy atom. The average Bonchev–Trinajstić information content (AvgIpc) is 2.51. The average molecular weight is 312 g/mol. The number of piperidine rings is 1. The van der Waals surface area contributed by atoms with Gasteiger partial charge in [-0.25, -0.2) is 0 Å². The lowest BCUT2D eigenvalue weighted by Gasteiger charge is -2.35. The van der Waals surface area contributed by atoms with E-state index in [0.717, 1.165) is 18.9 Å². The molecule has 1 saturated heterocycles. The topological polar surface area (TPSA) is 24.9 Å². The zero-order valence-electron chi connectivity index (χ0n) is 14.8. The van der Waals surface area contributed by atoms with Gasteiger partial charge >= 0.3 is 0 Å². The first kappa shape index (κ1) is 18.2. The third-order valence-corrected chi connectivity index (χ3v) is 5.42. The molecule has 1 heterocycles. The van der Waals surface area contributed by atoms with Crippen LogP contribution in [0.4, 0.5) is 0 Å². The lowest BCUT2D eigenvalue weighted by Crippen LogP contribution is -2.43. The van der Waals surface area contributed by atoms with E-state index in [4.69, 9.17) is 9.47 Å². The quantitative estimate of drug-likeness (QED) is 0.674. The molecule has 2 aliphatic rings. The van der Waals surface area contributed by atoms with Crippen molar-refractivity contribution in [3.63, 3.8) is 0 Å². The smallest absolute Gasteiger partial charge is 0.146 e. The molecule has 0 bridgehead atoms. The number of likely N-dealkylation sites (tertiary alicyclic amines) is 1. The third-order valence-electron chi connectivity index (χ3n) is 5.42. The van der Waals surface area contributed by atoms with Gasteiger partial charge in [0.25, 0.3) is 0 Å². The highest BCUT2D eigenvalue weighted by atomic mass is 16.7. The summed E-state index contributed by atoms with van der Waals surface area (Å²) < 4.78 is 10.7. The lowest BCUT2D eigenvalue weighted by molar-refractivity contribution is -0.0888. The Labute approximate surface area is 137 Å². The van der Waals surface area contributed by atoms with Crippen molar-refractivity contribution in [3.05, 3.63) is 0 Å². The van der Waals surface area contributed by atoms with Gasteiger partial charge in [-0.15, -0.1) is 0 Å². The monoisotopic (exact) mass is 312 g/mol. The summed E-state index contributed by atoms with van der Waals surface area (Å²) in [4.78, 5) is 5.23. The number of likely N-dealkylation sites (N-methyl/N-ethyl adjacent to an activating group) is 1. The van der Waals surface area contributed by atoms with Crippen LogP contribution in [-0.4, -0.2) is 69.1 Å². The van der Waals surface area contributed by atoms with Crippen LogP contribution in [0.25, 0.3) is 0 Å². The first-order valence-electron chi connectivity index (χ1n) is 9.32. The van der Waals surface area contributed by atoms with Crippen molar-refractivity contribution in [2.24, 2.45) is 0 Å². The molecule has 2 rings (SSSR count). The Morgan fingerprint density at radius 3 is 2.23 bits per heavy atom. The fraction of sp³-hybridized carbons (Fsp3) is 1.00. The highest BCUT2D eigenvalue weighted by molar-refractivity contribution is 4.76. The molecule has 1 saturated carbocycles. The summed E-state index contributed by atoms with van der Waals surface area (Å²) in [6, 6.07) is 0.822. The van der Waals surface area contributed by atoms with E-state index in [-0.39, 0.29) is 0 Å². The molecule has 0 aromatic rings. The Morgan fingerprint density at radius 2 is 1.59 bits per heavy atom. The number of ether oxygens (including phenoxy) is 2.